The van der Waals surface area contributed by atoms with Crippen LogP contribution in [0.15, 0.2) is 42.5 Å². The Morgan fingerprint density at radius 1 is 1.25 bits per heavy atom. The zero-order valence-electron chi connectivity index (χ0n) is 13.6. The van der Waals surface area contributed by atoms with Crippen LogP contribution in [0.4, 0.5) is 11.5 Å². The maximum absolute atomic E-state index is 12.4. The molecule has 0 aliphatic carbocycles. The first-order valence-electron chi connectivity index (χ1n) is 8.53. The van der Waals surface area contributed by atoms with E-state index in [1.807, 2.05) is 18.2 Å². The van der Waals surface area contributed by atoms with Crippen LogP contribution in [-0.2, 0) is 11.2 Å². The zero-order valence-corrected chi connectivity index (χ0v) is 13.6. The number of anilines is 2. The second-order valence-electron chi connectivity index (χ2n) is 6.26. The van der Waals surface area contributed by atoms with Gasteiger partial charge in [-0.3, -0.25) is 4.79 Å². The van der Waals surface area contributed by atoms with Crippen molar-refractivity contribution in [2.45, 2.75) is 25.4 Å². The molecule has 0 spiro atoms. The molecule has 24 heavy (non-hydrogen) atoms. The number of benzene rings is 1. The third-order valence-electron chi connectivity index (χ3n) is 4.65. The minimum atomic E-state index is -0.139. The Hall–Kier alpha value is -2.40. The maximum atomic E-state index is 12.4. The third kappa shape index (κ3) is 2.99. The zero-order chi connectivity index (χ0) is 16.4. The summed E-state index contributed by atoms with van der Waals surface area (Å²) in [5.41, 5.74) is 2.96. The topological polar surface area (TPSA) is 54.5 Å². The lowest BCUT2D eigenvalue weighted by atomic mass is 10.2. The van der Waals surface area contributed by atoms with Gasteiger partial charge in [0.2, 0.25) is 0 Å². The van der Waals surface area contributed by atoms with Gasteiger partial charge >= 0.3 is 0 Å². The van der Waals surface area contributed by atoms with E-state index >= 15 is 0 Å². The molecule has 1 N–H and O–H groups in total. The Balaban J connectivity index is 1.48. The van der Waals surface area contributed by atoms with Gasteiger partial charge in [0.1, 0.15) is 11.5 Å². The van der Waals surface area contributed by atoms with Crippen LogP contribution < -0.4 is 10.2 Å². The van der Waals surface area contributed by atoms with Gasteiger partial charge in [-0.2, -0.15) is 0 Å². The summed E-state index contributed by atoms with van der Waals surface area (Å²) in [4.78, 5) is 19.1. The van der Waals surface area contributed by atoms with Gasteiger partial charge in [-0.1, -0.05) is 24.3 Å². The molecule has 2 aromatic rings. The highest BCUT2D eigenvalue weighted by atomic mass is 16.5. The number of hydrogen-bond donors (Lipinski definition) is 1. The first kappa shape index (κ1) is 15.1. The molecule has 1 unspecified atom stereocenters. The summed E-state index contributed by atoms with van der Waals surface area (Å²) in [6, 6.07) is 14.0. The van der Waals surface area contributed by atoms with E-state index in [-0.39, 0.29) is 12.0 Å². The Morgan fingerprint density at radius 3 is 3.04 bits per heavy atom. The van der Waals surface area contributed by atoms with Gasteiger partial charge in [-0.25, -0.2) is 4.98 Å². The van der Waals surface area contributed by atoms with E-state index in [9.17, 15) is 4.79 Å². The summed E-state index contributed by atoms with van der Waals surface area (Å²) in [6.07, 6.45) is 3.23. The van der Waals surface area contributed by atoms with E-state index in [0.29, 0.717) is 12.2 Å². The minimum Gasteiger partial charge on any atom is -0.376 e. The van der Waals surface area contributed by atoms with Gasteiger partial charge in [0.05, 0.1) is 6.10 Å². The first-order valence-corrected chi connectivity index (χ1v) is 8.53. The monoisotopic (exact) mass is 323 g/mol. The van der Waals surface area contributed by atoms with Crippen molar-refractivity contribution in [2.75, 3.05) is 24.6 Å². The summed E-state index contributed by atoms with van der Waals surface area (Å²) >= 11 is 0. The van der Waals surface area contributed by atoms with Crippen LogP contribution in [-0.4, -0.2) is 36.7 Å². The molecule has 5 nitrogen and oxygen atoms in total. The number of fused-ring (bicyclic) bond motifs is 1. The Kier molecular flexibility index (Phi) is 4.17. The van der Waals surface area contributed by atoms with Crippen LogP contribution in [0.2, 0.25) is 0 Å². The van der Waals surface area contributed by atoms with Crippen LogP contribution >= 0.6 is 0 Å². The fourth-order valence-corrected chi connectivity index (χ4v) is 3.38. The molecule has 1 saturated heterocycles. The van der Waals surface area contributed by atoms with E-state index in [1.165, 1.54) is 11.3 Å². The van der Waals surface area contributed by atoms with Gasteiger partial charge in [0, 0.05) is 25.4 Å². The normalized spacial score (nSPS) is 19.3. The van der Waals surface area contributed by atoms with Crippen LogP contribution in [0.3, 0.4) is 0 Å². The number of nitrogens with one attached hydrogen (secondary N) is 1. The minimum absolute atomic E-state index is 0.139. The summed E-state index contributed by atoms with van der Waals surface area (Å²) in [5.74, 6) is 0.685. The molecule has 124 valence electrons. The predicted octanol–water partition coefficient (Wildman–Crippen LogP) is 2.68. The molecule has 0 bridgehead atoms. The maximum Gasteiger partial charge on any atom is 0.270 e. The van der Waals surface area contributed by atoms with E-state index < -0.39 is 0 Å². The van der Waals surface area contributed by atoms with E-state index in [2.05, 4.69) is 33.4 Å². The van der Waals surface area contributed by atoms with Gasteiger partial charge in [0.15, 0.2) is 0 Å². The van der Waals surface area contributed by atoms with Crippen molar-refractivity contribution in [1.29, 1.82) is 0 Å². The second-order valence-corrected chi connectivity index (χ2v) is 6.26. The Labute approximate surface area is 141 Å². The molecule has 5 heteroatoms. The lowest BCUT2D eigenvalue weighted by Gasteiger charge is -2.19. The molecule has 1 fully saturated rings. The average molecular weight is 323 g/mol. The first-order chi connectivity index (χ1) is 11.8. The number of hydrogen-bond acceptors (Lipinski definition) is 4. The molecule has 1 aromatic heterocycles. The van der Waals surface area contributed by atoms with Crippen molar-refractivity contribution in [3.05, 3.63) is 53.7 Å². The number of aromatic nitrogens is 1. The van der Waals surface area contributed by atoms with E-state index in [4.69, 9.17) is 4.74 Å². The molecular formula is C19H21N3O2. The molecule has 0 radical (unpaired) electrons. The smallest absolute Gasteiger partial charge is 0.270 e. The number of ether oxygens (including phenoxy) is 1. The predicted molar refractivity (Wildman–Crippen MR) is 92.7 cm³/mol. The van der Waals surface area contributed by atoms with Gasteiger partial charge in [0.25, 0.3) is 5.91 Å². The fourth-order valence-electron chi connectivity index (χ4n) is 3.38. The van der Waals surface area contributed by atoms with Crippen LogP contribution in [0.5, 0.6) is 0 Å². The molecule has 0 saturated carbocycles. The highest BCUT2D eigenvalue weighted by Gasteiger charge is 2.22. The summed E-state index contributed by atoms with van der Waals surface area (Å²) < 4.78 is 5.54. The molecular weight excluding hydrogens is 302 g/mol. The van der Waals surface area contributed by atoms with Crippen molar-refractivity contribution in [1.82, 2.24) is 10.3 Å². The molecule has 2 aliphatic rings. The van der Waals surface area contributed by atoms with Crippen molar-refractivity contribution in [2.24, 2.45) is 0 Å². The third-order valence-corrected chi connectivity index (χ3v) is 4.65. The summed E-state index contributed by atoms with van der Waals surface area (Å²) in [7, 11) is 0. The van der Waals surface area contributed by atoms with Gasteiger partial charge in [-0.15, -0.1) is 0 Å². The number of rotatable bonds is 4. The SMILES string of the molecule is O=C(NCC1CCCO1)c1cccc(N2CCc3ccccc32)n1. The van der Waals surface area contributed by atoms with Crippen molar-refractivity contribution in [3.63, 3.8) is 0 Å². The molecule has 4 rings (SSSR count). The highest BCUT2D eigenvalue weighted by molar-refractivity contribution is 5.92. The quantitative estimate of drug-likeness (QED) is 0.940. The molecule has 2 aliphatic heterocycles. The fraction of sp³-hybridized carbons (Fsp3) is 0.368. The van der Waals surface area contributed by atoms with Crippen LogP contribution in [0, 0.1) is 0 Å². The lowest BCUT2D eigenvalue weighted by molar-refractivity contribution is 0.0854. The van der Waals surface area contributed by atoms with Gasteiger partial charge < -0.3 is 15.0 Å². The molecule has 1 atom stereocenters. The van der Waals surface area contributed by atoms with E-state index in [0.717, 1.165) is 38.2 Å². The number of para-hydroxylation sites is 1. The van der Waals surface area contributed by atoms with E-state index in [1.54, 1.807) is 6.07 Å². The van der Waals surface area contributed by atoms with Gasteiger partial charge in [-0.05, 0) is 43.0 Å². The van der Waals surface area contributed by atoms with Crippen molar-refractivity contribution >= 4 is 17.4 Å². The average Bonchev–Trinajstić information content (AvgIpc) is 3.29. The van der Waals surface area contributed by atoms with Crippen molar-refractivity contribution < 1.29 is 9.53 Å². The number of amides is 1. The Bertz CT molecular complexity index is 741. The Morgan fingerprint density at radius 2 is 2.17 bits per heavy atom. The van der Waals surface area contributed by atoms with Crippen LogP contribution in [0.1, 0.15) is 28.9 Å². The summed E-state index contributed by atoms with van der Waals surface area (Å²) in [6.45, 7) is 2.24. The number of nitrogens with zero attached hydrogens (tertiary/aromatic N) is 2. The van der Waals surface area contributed by atoms with Crippen molar-refractivity contribution in [3.8, 4) is 0 Å². The summed E-state index contributed by atoms with van der Waals surface area (Å²) in [5, 5.41) is 2.93. The lowest BCUT2D eigenvalue weighted by Crippen LogP contribution is -2.32. The molecule has 3 heterocycles. The highest BCUT2D eigenvalue weighted by Crippen LogP contribution is 2.33. The molecule has 1 aromatic carbocycles. The van der Waals surface area contributed by atoms with Crippen LogP contribution in [0.25, 0.3) is 0 Å². The second kappa shape index (κ2) is 6.61. The number of carbonyl (C=O) groups is 1. The number of carbonyl (C=O) groups excluding carboxylic acids is 1. The standard InChI is InChI=1S/C19H21N3O2/c23-19(20-13-15-6-4-12-24-15)16-7-3-9-18(21-16)22-11-10-14-5-1-2-8-17(14)22/h1-3,5,7-9,15H,4,6,10-13H2,(H,20,23). The molecule has 1 amide bonds. The number of pyridine rings is 1. The largest absolute Gasteiger partial charge is 0.376 e.